The van der Waals surface area contributed by atoms with Gasteiger partial charge in [0, 0.05) is 36.4 Å². The quantitative estimate of drug-likeness (QED) is 0.349. The van der Waals surface area contributed by atoms with Crippen molar-refractivity contribution in [3.05, 3.63) is 28.4 Å². The van der Waals surface area contributed by atoms with Gasteiger partial charge in [0.2, 0.25) is 5.95 Å². The van der Waals surface area contributed by atoms with Crippen molar-refractivity contribution in [1.29, 1.82) is 0 Å². The number of hydrogen-bond acceptors (Lipinski definition) is 9. The lowest BCUT2D eigenvalue weighted by Gasteiger charge is -2.23. The van der Waals surface area contributed by atoms with Crippen molar-refractivity contribution >= 4 is 45.9 Å². The fraction of sp³-hybridized carbons (Fsp3) is 0.480. The molecule has 3 heterocycles. The van der Waals surface area contributed by atoms with Crippen LogP contribution in [-0.2, 0) is 4.74 Å². The summed E-state index contributed by atoms with van der Waals surface area (Å²) in [5.41, 5.74) is 1.80. The number of ether oxygens (including phenoxy) is 3. The third-order valence-electron chi connectivity index (χ3n) is 5.96. The topological polar surface area (TPSA) is 93.7 Å². The van der Waals surface area contributed by atoms with Gasteiger partial charge in [0.15, 0.2) is 5.82 Å². The number of pyridine rings is 1. The van der Waals surface area contributed by atoms with E-state index in [0.29, 0.717) is 56.7 Å². The van der Waals surface area contributed by atoms with Crippen molar-refractivity contribution in [2.24, 2.45) is 0 Å². The maximum Gasteiger partial charge on any atom is 0.223 e. The number of aromatic nitrogens is 3. The molecule has 1 atom stereocenters. The Balaban J connectivity index is 1.77. The van der Waals surface area contributed by atoms with Crippen molar-refractivity contribution in [2.75, 3.05) is 65.3 Å². The second-order valence-corrected chi connectivity index (χ2v) is 9.67. The summed E-state index contributed by atoms with van der Waals surface area (Å²) >= 11 is 13.4. The Hall–Kier alpha value is -2.59. The Kier molecular flexibility index (Phi) is 8.90. The largest absolute Gasteiger partial charge is 0.495 e. The molecule has 4 rings (SSSR count). The number of benzene rings is 1. The van der Waals surface area contributed by atoms with E-state index in [0.717, 1.165) is 44.3 Å². The molecule has 11 heteroatoms. The molecule has 2 aromatic heterocycles. The van der Waals surface area contributed by atoms with Crippen molar-refractivity contribution in [2.45, 2.75) is 25.3 Å². The minimum absolute atomic E-state index is 0.182. The second kappa shape index (κ2) is 12.1. The zero-order valence-electron chi connectivity index (χ0n) is 21.0. The lowest BCUT2D eigenvalue weighted by atomic mass is 10.1. The van der Waals surface area contributed by atoms with E-state index in [1.165, 1.54) is 0 Å². The third kappa shape index (κ3) is 6.03. The van der Waals surface area contributed by atoms with Gasteiger partial charge < -0.3 is 29.7 Å². The number of hydrogen-bond donors (Lipinski definition) is 2. The summed E-state index contributed by atoms with van der Waals surface area (Å²) in [6, 6.07) is 3.72. The molecule has 0 spiro atoms. The molecule has 194 valence electrons. The van der Waals surface area contributed by atoms with Crippen molar-refractivity contribution in [1.82, 2.24) is 19.9 Å². The molecule has 1 fully saturated rings. The highest BCUT2D eigenvalue weighted by Gasteiger charge is 2.22. The average Bonchev–Trinajstić information content (AvgIpc) is 2.87. The van der Waals surface area contributed by atoms with E-state index in [2.05, 4.69) is 34.6 Å². The van der Waals surface area contributed by atoms with E-state index >= 15 is 0 Å². The number of fused-ring (bicyclic) bond motifs is 1. The maximum atomic E-state index is 6.69. The lowest BCUT2D eigenvalue weighted by Crippen LogP contribution is -2.30. The fourth-order valence-electron chi connectivity index (χ4n) is 4.11. The van der Waals surface area contributed by atoms with Crippen LogP contribution in [0.2, 0.25) is 10.0 Å². The molecule has 0 aliphatic carbocycles. The zero-order chi connectivity index (χ0) is 25.7. The molecule has 1 saturated heterocycles. The van der Waals surface area contributed by atoms with Crippen LogP contribution < -0.4 is 20.1 Å². The number of methoxy groups -OCH3 is 2. The van der Waals surface area contributed by atoms with E-state index in [9.17, 15) is 0 Å². The summed E-state index contributed by atoms with van der Waals surface area (Å²) in [5.74, 6) is 2.06. The van der Waals surface area contributed by atoms with E-state index in [1.54, 1.807) is 26.5 Å². The highest BCUT2D eigenvalue weighted by molar-refractivity contribution is 6.41. The first-order valence-corrected chi connectivity index (χ1v) is 12.7. The summed E-state index contributed by atoms with van der Waals surface area (Å²) in [5, 5.41) is 8.35. The molecule has 2 N–H and O–H groups in total. The van der Waals surface area contributed by atoms with E-state index in [1.807, 2.05) is 6.07 Å². The smallest absolute Gasteiger partial charge is 0.223 e. The maximum absolute atomic E-state index is 6.69. The molecule has 0 radical (unpaired) electrons. The van der Waals surface area contributed by atoms with Gasteiger partial charge in [-0.2, -0.15) is 0 Å². The van der Waals surface area contributed by atoms with Gasteiger partial charge in [-0.05, 0) is 46.0 Å². The highest BCUT2D eigenvalue weighted by Crippen LogP contribution is 2.46. The molecule has 1 unspecified atom stereocenters. The van der Waals surface area contributed by atoms with E-state index < -0.39 is 0 Å². The SMILES string of the molecule is COc1cc(OC)c(Cl)c(-c2cc3cnc(NC4CCCOC4)nc3c(NCCCN(C)C)n2)c1Cl. The van der Waals surface area contributed by atoms with E-state index in [-0.39, 0.29) is 6.04 Å². The van der Waals surface area contributed by atoms with Crippen LogP contribution in [0.25, 0.3) is 22.2 Å². The molecular weight excluding hydrogens is 503 g/mol. The van der Waals surface area contributed by atoms with Gasteiger partial charge in [0.25, 0.3) is 0 Å². The molecule has 36 heavy (non-hydrogen) atoms. The van der Waals surface area contributed by atoms with Gasteiger partial charge in [-0.25, -0.2) is 15.0 Å². The monoisotopic (exact) mass is 534 g/mol. The summed E-state index contributed by atoms with van der Waals surface area (Å²) in [7, 11) is 7.19. The lowest BCUT2D eigenvalue weighted by molar-refractivity contribution is 0.0874. The summed E-state index contributed by atoms with van der Waals surface area (Å²) in [6.07, 6.45) is 4.75. The van der Waals surface area contributed by atoms with Gasteiger partial charge in [-0.15, -0.1) is 0 Å². The standard InChI is InChI=1S/C25H32Cl2N6O3/c1-33(2)9-6-8-28-24-23-15(13-29-25(32-23)30-16-7-5-10-36-14-16)11-17(31-24)20-21(26)18(34-3)12-19(35-4)22(20)27/h11-13,16H,5-10,14H2,1-4H3,(H,28,31)(H,29,30,32). The highest BCUT2D eigenvalue weighted by atomic mass is 35.5. The Morgan fingerprint density at radius 2 is 1.86 bits per heavy atom. The first-order chi connectivity index (χ1) is 17.4. The predicted octanol–water partition coefficient (Wildman–Crippen LogP) is 4.97. The van der Waals surface area contributed by atoms with Gasteiger partial charge in [-0.1, -0.05) is 23.2 Å². The zero-order valence-corrected chi connectivity index (χ0v) is 22.5. The van der Waals surface area contributed by atoms with Crippen molar-refractivity contribution in [3.8, 4) is 22.8 Å². The molecular formula is C25H32Cl2N6O3. The van der Waals surface area contributed by atoms with Crippen LogP contribution in [0.15, 0.2) is 18.3 Å². The van der Waals surface area contributed by atoms with Crippen molar-refractivity contribution in [3.63, 3.8) is 0 Å². The number of anilines is 2. The number of nitrogens with zero attached hydrogens (tertiary/aromatic N) is 4. The molecule has 9 nitrogen and oxygen atoms in total. The minimum Gasteiger partial charge on any atom is -0.495 e. The van der Waals surface area contributed by atoms with E-state index in [4.69, 9.17) is 47.4 Å². The third-order valence-corrected chi connectivity index (χ3v) is 6.71. The first kappa shape index (κ1) is 26.5. The molecule has 1 aliphatic heterocycles. The summed E-state index contributed by atoms with van der Waals surface area (Å²) in [4.78, 5) is 16.4. The molecule has 0 saturated carbocycles. The van der Waals surface area contributed by atoms with Crippen LogP contribution in [0, 0.1) is 0 Å². The molecule has 1 aliphatic rings. The molecule has 0 amide bonds. The number of nitrogens with one attached hydrogen (secondary N) is 2. The van der Waals surface area contributed by atoms with Gasteiger partial charge in [0.1, 0.15) is 17.0 Å². The van der Waals surface area contributed by atoms with Crippen LogP contribution in [-0.4, -0.2) is 80.5 Å². The molecule has 0 bridgehead atoms. The first-order valence-electron chi connectivity index (χ1n) is 11.9. The van der Waals surface area contributed by atoms with Crippen LogP contribution in [0.1, 0.15) is 19.3 Å². The van der Waals surface area contributed by atoms with Crippen LogP contribution in [0.3, 0.4) is 0 Å². The van der Waals surface area contributed by atoms with Crippen LogP contribution in [0.4, 0.5) is 11.8 Å². The van der Waals surface area contributed by atoms with Gasteiger partial charge >= 0.3 is 0 Å². The Morgan fingerprint density at radius 1 is 1.11 bits per heavy atom. The normalized spacial score (nSPS) is 15.8. The summed E-state index contributed by atoms with van der Waals surface area (Å²) in [6.45, 7) is 3.10. The minimum atomic E-state index is 0.182. The Labute approximate surface area is 221 Å². The fourth-order valence-corrected chi connectivity index (χ4v) is 4.80. The molecule has 3 aromatic rings. The number of rotatable bonds is 10. The Morgan fingerprint density at radius 3 is 2.50 bits per heavy atom. The van der Waals surface area contributed by atoms with Gasteiger partial charge in [-0.3, -0.25) is 0 Å². The Bertz CT molecular complexity index is 1180. The summed E-state index contributed by atoms with van der Waals surface area (Å²) < 4.78 is 16.5. The van der Waals surface area contributed by atoms with Crippen LogP contribution in [0.5, 0.6) is 11.5 Å². The average molecular weight is 535 g/mol. The van der Waals surface area contributed by atoms with Crippen molar-refractivity contribution < 1.29 is 14.2 Å². The van der Waals surface area contributed by atoms with Gasteiger partial charge in [0.05, 0.1) is 42.6 Å². The predicted molar refractivity (Wildman–Crippen MR) is 145 cm³/mol. The second-order valence-electron chi connectivity index (χ2n) is 8.91. The molecule has 1 aromatic carbocycles. The number of halogens is 2. The van der Waals surface area contributed by atoms with Crippen LogP contribution >= 0.6 is 23.2 Å².